The second-order valence-electron chi connectivity index (χ2n) is 9.54. The Bertz CT molecular complexity index is 918. The van der Waals surface area contributed by atoms with Gasteiger partial charge in [0.05, 0.1) is 31.8 Å². The SMILES string of the molecule is COc1cc(C)c(S(=O)(=O)N(C)CCOCC(=O)N2CCC(CCN3CCOCC3)CC2)c(C)c1. The van der Waals surface area contributed by atoms with Crippen molar-refractivity contribution in [3.05, 3.63) is 23.3 Å². The lowest BCUT2D eigenvalue weighted by Crippen LogP contribution is -2.42. The Labute approximate surface area is 210 Å². The summed E-state index contributed by atoms with van der Waals surface area (Å²) < 4.78 is 43.6. The molecule has 2 aliphatic heterocycles. The highest BCUT2D eigenvalue weighted by atomic mass is 32.2. The summed E-state index contributed by atoms with van der Waals surface area (Å²) in [4.78, 5) is 17.2. The van der Waals surface area contributed by atoms with Crippen molar-refractivity contribution in [1.82, 2.24) is 14.1 Å². The Kier molecular flexibility index (Phi) is 10.4. The number of hydrogen-bond acceptors (Lipinski definition) is 7. The van der Waals surface area contributed by atoms with Gasteiger partial charge in [-0.1, -0.05) is 0 Å². The lowest BCUT2D eigenvalue weighted by Gasteiger charge is -2.34. The van der Waals surface area contributed by atoms with Crippen LogP contribution < -0.4 is 4.74 Å². The molecular formula is C25H41N3O6S. The number of likely N-dealkylation sites (N-methyl/N-ethyl adjacent to an activating group) is 1. The number of sulfonamides is 1. The Morgan fingerprint density at radius 3 is 2.34 bits per heavy atom. The molecule has 0 N–H and O–H groups in total. The van der Waals surface area contributed by atoms with E-state index in [1.165, 1.54) is 17.8 Å². The molecule has 1 aromatic rings. The molecule has 0 aliphatic carbocycles. The number of amides is 1. The molecule has 0 unspecified atom stereocenters. The summed E-state index contributed by atoms with van der Waals surface area (Å²) in [5.41, 5.74) is 1.27. The monoisotopic (exact) mass is 511 g/mol. The van der Waals surface area contributed by atoms with Gasteiger partial charge in [-0.3, -0.25) is 9.69 Å². The zero-order valence-corrected chi connectivity index (χ0v) is 22.4. The number of benzene rings is 1. The molecule has 10 heteroatoms. The maximum absolute atomic E-state index is 13.1. The van der Waals surface area contributed by atoms with E-state index in [9.17, 15) is 13.2 Å². The minimum Gasteiger partial charge on any atom is -0.497 e. The fraction of sp³-hybridized carbons (Fsp3) is 0.720. The molecule has 1 aromatic carbocycles. The molecule has 2 aliphatic rings. The molecule has 2 saturated heterocycles. The van der Waals surface area contributed by atoms with Crippen molar-refractivity contribution >= 4 is 15.9 Å². The van der Waals surface area contributed by atoms with Crippen LogP contribution in [-0.2, 0) is 24.3 Å². The first-order chi connectivity index (χ1) is 16.7. The molecule has 3 rings (SSSR count). The highest BCUT2D eigenvalue weighted by Crippen LogP contribution is 2.27. The van der Waals surface area contributed by atoms with E-state index in [0.29, 0.717) is 22.8 Å². The third kappa shape index (κ3) is 7.63. The van der Waals surface area contributed by atoms with Crippen molar-refractivity contribution in [2.24, 2.45) is 5.92 Å². The Morgan fingerprint density at radius 2 is 1.74 bits per heavy atom. The third-order valence-corrected chi connectivity index (χ3v) is 9.20. The van der Waals surface area contributed by atoms with Gasteiger partial charge in [0.25, 0.3) is 0 Å². The van der Waals surface area contributed by atoms with Gasteiger partial charge < -0.3 is 19.1 Å². The highest BCUT2D eigenvalue weighted by Gasteiger charge is 2.26. The van der Waals surface area contributed by atoms with Crippen LogP contribution in [0.2, 0.25) is 0 Å². The summed E-state index contributed by atoms with van der Waals surface area (Å²) in [5, 5.41) is 0. The number of rotatable bonds is 11. The van der Waals surface area contributed by atoms with E-state index in [1.54, 1.807) is 33.1 Å². The molecule has 0 spiro atoms. The number of aryl methyl sites for hydroxylation is 2. The fourth-order valence-electron chi connectivity index (χ4n) is 4.82. The number of hydrogen-bond donors (Lipinski definition) is 0. The lowest BCUT2D eigenvalue weighted by molar-refractivity contribution is -0.137. The number of nitrogens with zero attached hydrogens (tertiary/aromatic N) is 3. The Hall–Kier alpha value is -1.72. The van der Waals surface area contributed by atoms with E-state index < -0.39 is 10.0 Å². The smallest absolute Gasteiger partial charge is 0.248 e. The predicted molar refractivity (Wildman–Crippen MR) is 134 cm³/mol. The first-order valence-corrected chi connectivity index (χ1v) is 13.9. The van der Waals surface area contributed by atoms with E-state index in [-0.39, 0.29) is 30.6 Å². The molecule has 0 radical (unpaired) electrons. The maximum Gasteiger partial charge on any atom is 0.248 e. The summed E-state index contributed by atoms with van der Waals surface area (Å²) in [6.45, 7) is 10.2. The van der Waals surface area contributed by atoms with Crippen molar-refractivity contribution in [3.63, 3.8) is 0 Å². The third-order valence-electron chi connectivity index (χ3n) is 7.04. The van der Waals surface area contributed by atoms with Crippen molar-refractivity contribution < 1.29 is 27.4 Å². The Morgan fingerprint density at radius 1 is 1.11 bits per heavy atom. The molecule has 0 saturated carbocycles. The van der Waals surface area contributed by atoms with E-state index in [1.807, 2.05) is 4.90 Å². The van der Waals surface area contributed by atoms with Gasteiger partial charge in [0.15, 0.2) is 0 Å². The zero-order chi connectivity index (χ0) is 25.4. The van der Waals surface area contributed by atoms with Crippen LogP contribution in [0.15, 0.2) is 17.0 Å². The van der Waals surface area contributed by atoms with Crippen molar-refractivity contribution in [2.45, 2.75) is 38.0 Å². The van der Waals surface area contributed by atoms with Gasteiger partial charge in [0.2, 0.25) is 15.9 Å². The van der Waals surface area contributed by atoms with Crippen LogP contribution in [0.25, 0.3) is 0 Å². The molecule has 0 atom stereocenters. The molecule has 1 amide bonds. The average Bonchev–Trinajstić information content (AvgIpc) is 2.85. The second kappa shape index (κ2) is 13.0. The zero-order valence-electron chi connectivity index (χ0n) is 21.6. The molecule has 198 valence electrons. The molecule has 0 bridgehead atoms. The summed E-state index contributed by atoms with van der Waals surface area (Å²) in [5.74, 6) is 1.26. The quantitative estimate of drug-likeness (QED) is 0.420. The number of carbonyl (C=O) groups is 1. The van der Waals surface area contributed by atoms with Crippen molar-refractivity contribution in [2.75, 3.05) is 79.9 Å². The van der Waals surface area contributed by atoms with Gasteiger partial charge in [-0.25, -0.2) is 8.42 Å². The van der Waals surface area contributed by atoms with E-state index in [2.05, 4.69) is 4.90 Å². The number of carbonyl (C=O) groups excluding carboxylic acids is 1. The summed E-state index contributed by atoms with van der Waals surface area (Å²) in [6, 6.07) is 3.43. The summed E-state index contributed by atoms with van der Waals surface area (Å²) in [6.07, 6.45) is 3.22. The van der Waals surface area contributed by atoms with E-state index in [0.717, 1.165) is 58.8 Å². The first kappa shape index (κ1) is 27.9. The van der Waals surface area contributed by atoms with Crippen LogP contribution in [0.3, 0.4) is 0 Å². The van der Waals surface area contributed by atoms with Crippen LogP contribution in [0.1, 0.15) is 30.4 Å². The number of morpholine rings is 1. The fourth-order valence-corrected chi connectivity index (χ4v) is 6.37. The summed E-state index contributed by atoms with van der Waals surface area (Å²) >= 11 is 0. The Balaban J connectivity index is 1.37. The number of likely N-dealkylation sites (tertiary alicyclic amines) is 1. The van der Waals surface area contributed by atoms with Gasteiger partial charge in [-0.15, -0.1) is 0 Å². The van der Waals surface area contributed by atoms with Gasteiger partial charge in [-0.05, 0) is 68.8 Å². The number of ether oxygens (including phenoxy) is 3. The van der Waals surface area contributed by atoms with Crippen molar-refractivity contribution in [3.8, 4) is 5.75 Å². The van der Waals surface area contributed by atoms with Crippen LogP contribution in [0.4, 0.5) is 0 Å². The van der Waals surface area contributed by atoms with Gasteiger partial charge in [0.1, 0.15) is 12.4 Å². The molecule has 0 aromatic heterocycles. The van der Waals surface area contributed by atoms with Gasteiger partial charge in [0, 0.05) is 39.8 Å². The first-order valence-electron chi connectivity index (χ1n) is 12.5. The molecule has 2 fully saturated rings. The maximum atomic E-state index is 13.1. The number of piperidine rings is 1. The molecule has 9 nitrogen and oxygen atoms in total. The van der Waals surface area contributed by atoms with Gasteiger partial charge >= 0.3 is 0 Å². The van der Waals surface area contributed by atoms with Crippen LogP contribution in [-0.4, -0.2) is 108 Å². The minimum atomic E-state index is -3.67. The average molecular weight is 512 g/mol. The van der Waals surface area contributed by atoms with Crippen molar-refractivity contribution in [1.29, 1.82) is 0 Å². The largest absolute Gasteiger partial charge is 0.497 e. The molecular weight excluding hydrogens is 470 g/mol. The van der Waals surface area contributed by atoms with E-state index >= 15 is 0 Å². The van der Waals surface area contributed by atoms with E-state index in [4.69, 9.17) is 14.2 Å². The standard InChI is InChI=1S/C25H41N3O6S/c1-20-17-23(32-4)18-21(2)25(20)35(30,31)26(3)11-14-34-19-24(29)28-9-6-22(7-10-28)5-8-27-12-15-33-16-13-27/h17-18,22H,5-16,19H2,1-4H3. The molecule has 2 heterocycles. The minimum absolute atomic E-state index is 0.0209. The van der Waals surface area contributed by atoms with Crippen LogP contribution in [0.5, 0.6) is 5.75 Å². The highest BCUT2D eigenvalue weighted by molar-refractivity contribution is 7.89. The molecule has 35 heavy (non-hydrogen) atoms. The van der Waals surface area contributed by atoms with Crippen LogP contribution >= 0.6 is 0 Å². The summed E-state index contributed by atoms with van der Waals surface area (Å²) in [7, 11) is -0.584. The van der Waals surface area contributed by atoms with Gasteiger partial charge in [-0.2, -0.15) is 4.31 Å². The number of methoxy groups -OCH3 is 1. The topological polar surface area (TPSA) is 88.6 Å². The van der Waals surface area contributed by atoms with Crippen LogP contribution in [0, 0.1) is 19.8 Å². The normalized spacial score (nSPS) is 18.3. The predicted octanol–water partition coefficient (Wildman–Crippen LogP) is 1.91. The lowest BCUT2D eigenvalue weighted by atomic mass is 9.93. The second-order valence-corrected chi connectivity index (χ2v) is 11.5.